The maximum Gasteiger partial charge on any atom is 0.303 e. The highest BCUT2D eigenvalue weighted by Gasteiger charge is 2.59. The van der Waals surface area contributed by atoms with Crippen molar-refractivity contribution in [3.8, 4) is 0 Å². The van der Waals surface area contributed by atoms with Crippen molar-refractivity contribution in [2.75, 3.05) is 6.61 Å². The molecular formula is C24H36O5. The maximum absolute atomic E-state index is 13.3. The van der Waals surface area contributed by atoms with Gasteiger partial charge in [0, 0.05) is 25.7 Å². The van der Waals surface area contributed by atoms with E-state index in [1.165, 1.54) is 13.8 Å². The Kier molecular flexibility index (Phi) is 5.74. The highest BCUT2D eigenvalue weighted by Crippen LogP contribution is 2.63. The summed E-state index contributed by atoms with van der Waals surface area (Å²) in [6, 6.07) is 0. The molecule has 0 aromatic heterocycles. The molecule has 2 fully saturated rings. The summed E-state index contributed by atoms with van der Waals surface area (Å²) in [6.07, 6.45) is 7.18. The fourth-order valence-electron chi connectivity index (χ4n) is 6.50. The number of Topliss-reactive ketones (excluding diaryl/α,β-unsaturated/α-hetero) is 1. The molecule has 0 spiro atoms. The number of rotatable bonds is 4. The zero-order valence-corrected chi connectivity index (χ0v) is 18.8. The summed E-state index contributed by atoms with van der Waals surface area (Å²) in [4.78, 5) is 36.6. The van der Waals surface area contributed by atoms with Gasteiger partial charge in [0.2, 0.25) is 0 Å². The molecule has 0 aliphatic heterocycles. The second kappa shape index (κ2) is 7.55. The van der Waals surface area contributed by atoms with Gasteiger partial charge in [0.15, 0.2) is 5.78 Å². The van der Waals surface area contributed by atoms with E-state index in [2.05, 4.69) is 27.7 Å². The molecule has 29 heavy (non-hydrogen) atoms. The van der Waals surface area contributed by atoms with Gasteiger partial charge >= 0.3 is 11.9 Å². The van der Waals surface area contributed by atoms with Crippen molar-refractivity contribution in [1.29, 1.82) is 0 Å². The van der Waals surface area contributed by atoms with Crippen LogP contribution < -0.4 is 0 Å². The van der Waals surface area contributed by atoms with E-state index in [9.17, 15) is 14.4 Å². The lowest BCUT2D eigenvalue weighted by Gasteiger charge is -2.59. The summed E-state index contributed by atoms with van der Waals surface area (Å²) in [5.41, 5.74) is -0.0115. The van der Waals surface area contributed by atoms with E-state index in [1.807, 2.05) is 6.08 Å². The molecule has 5 atom stereocenters. The molecule has 0 aromatic rings. The van der Waals surface area contributed by atoms with Crippen LogP contribution in [0.5, 0.6) is 0 Å². The van der Waals surface area contributed by atoms with Gasteiger partial charge in [-0.25, -0.2) is 0 Å². The Morgan fingerprint density at radius 3 is 2.41 bits per heavy atom. The van der Waals surface area contributed by atoms with Crippen LogP contribution in [0.2, 0.25) is 0 Å². The van der Waals surface area contributed by atoms with E-state index in [1.54, 1.807) is 0 Å². The van der Waals surface area contributed by atoms with Crippen molar-refractivity contribution >= 4 is 17.7 Å². The van der Waals surface area contributed by atoms with Crippen LogP contribution in [0.3, 0.4) is 0 Å². The molecule has 2 saturated carbocycles. The summed E-state index contributed by atoms with van der Waals surface area (Å²) in [5, 5.41) is 0. The number of carbonyl (C=O) groups excluding carboxylic acids is 3. The van der Waals surface area contributed by atoms with Crippen LogP contribution in [0.25, 0.3) is 0 Å². The predicted molar refractivity (Wildman–Crippen MR) is 110 cm³/mol. The van der Waals surface area contributed by atoms with Crippen LogP contribution in [0, 0.1) is 28.6 Å². The summed E-state index contributed by atoms with van der Waals surface area (Å²) in [5.74, 6) is 0.0881. The van der Waals surface area contributed by atoms with E-state index in [0.717, 1.165) is 37.7 Å². The molecule has 162 valence electrons. The molecule has 0 aromatic carbocycles. The molecule has 0 heterocycles. The lowest BCUT2D eigenvalue weighted by Crippen LogP contribution is -2.56. The third-order valence-corrected chi connectivity index (χ3v) is 8.12. The van der Waals surface area contributed by atoms with Crippen molar-refractivity contribution in [2.24, 2.45) is 28.6 Å². The second-order valence-electron chi connectivity index (χ2n) is 10.4. The number of hydrogen-bond acceptors (Lipinski definition) is 5. The van der Waals surface area contributed by atoms with Gasteiger partial charge in [-0.05, 0) is 60.5 Å². The van der Waals surface area contributed by atoms with Crippen LogP contribution in [0.1, 0.15) is 80.1 Å². The first kappa shape index (κ1) is 22.0. The molecule has 3 aliphatic carbocycles. The van der Waals surface area contributed by atoms with Crippen LogP contribution in [-0.2, 0) is 23.9 Å². The smallest absolute Gasteiger partial charge is 0.303 e. The minimum absolute atomic E-state index is 0.00768. The Morgan fingerprint density at radius 2 is 1.83 bits per heavy atom. The van der Waals surface area contributed by atoms with Crippen LogP contribution in [0.15, 0.2) is 11.6 Å². The Bertz CT molecular complexity index is 738. The molecule has 5 nitrogen and oxygen atoms in total. The molecule has 0 radical (unpaired) electrons. The van der Waals surface area contributed by atoms with Crippen molar-refractivity contribution < 1.29 is 23.9 Å². The lowest BCUT2D eigenvalue weighted by atomic mass is 9.45. The summed E-state index contributed by atoms with van der Waals surface area (Å²) in [6.45, 7) is 11.9. The second-order valence-corrected chi connectivity index (χ2v) is 10.4. The first-order valence-electron chi connectivity index (χ1n) is 11.0. The Morgan fingerprint density at radius 1 is 1.14 bits per heavy atom. The van der Waals surface area contributed by atoms with Gasteiger partial charge in [0.1, 0.15) is 5.60 Å². The van der Waals surface area contributed by atoms with Crippen LogP contribution in [0.4, 0.5) is 0 Å². The van der Waals surface area contributed by atoms with Crippen molar-refractivity contribution in [1.82, 2.24) is 0 Å². The van der Waals surface area contributed by atoms with Crippen LogP contribution in [-0.4, -0.2) is 29.9 Å². The van der Waals surface area contributed by atoms with Crippen molar-refractivity contribution in [2.45, 2.75) is 85.7 Å². The number of carbonyl (C=O) groups is 3. The van der Waals surface area contributed by atoms with Gasteiger partial charge in [-0.1, -0.05) is 34.1 Å². The number of ether oxygens (including phenoxy) is 2. The van der Waals surface area contributed by atoms with Gasteiger partial charge < -0.3 is 9.47 Å². The number of allylic oxidation sites excluding steroid dienone is 1. The highest BCUT2D eigenvalue weighted by molar-refractivity contribution is 5.97. The SMILES string of the molecule is CC(=O)OCC1(C)CCCC2(C)C3CCC(OC(C)=O)(C(C)C)C=C3C(=O)CC12. The van der Waals surface area contributed by atoms with Gasteiger partial charge in [0.25, 0.3) is 0 Å². The van der Waals surface area contributed by atoms with Crippen molar-refractivity contribution in [3.05, 3.63) is 11.6 Å². The monoisotopic (exact) mass is 404 g/mol. The minimum atomic E-state index is -0.688. The van der Waals surface area contributed by atoms with Crippen LogP contribution >= 0.6 is 0 Å². The van der Waals surface area contributed by atoms with E-state index < -0.39 is 5.60 Å². The van der Waals surface area contributed by atoms with E-state index in [-0.39, 0.29) is 46.3 Å². The van der Waals surface area contributed by atoms with E-state index >= 15 is 0 Å². The van der Waals surface area contributed by atoms with E-state index in [0.29, 0.717) is 13.0 Å². The summed E-state index contributed by atoms with van der Waals surface area (Å²) < 4.78 is 11.2. The summed E-state index contributed by atoms with van der Waals surface area (Å²) >= 11 is 0. The van der Waals surface area contributed by atoms with E-state index in [4.69, 9.17) is 9.47 Å². The molecule has 0 amide bonds. The van der Waals surface area contributed by atoms with Gasteiger partial charge in [-0.2, -0.15) is 0 Å². The zero-order valence-electron chi connectivity index (χ0n) is 18.8. The molecule has 0 bridgehead atoms. The standard InChI is InChI=1S/C24H36O5/c1-15(2)24(29-17(4)26)11-8-19-18(13-24)20(27)12-21-22(5,14-28-16(3)25)9-7-10-23(19,21)6/h13,15,19,21H,7-12,14H2,1-6H3. The average molecular weight is 405 g/mol. The molecular weight excluding hydrogens is 368 g/mol. The highest BCUT2D eigenvalue weighted by atomic mass is 16.6. The number of ketones is 1. The largest absolute Gasteiger partial charge is 0.465 e. The normalized spacial score (nSPS) is 39.3. The Hall–Kier alpha value is -1.65. The first-order chi connectivity index (χ1) is 13.4. The molecule has 3 aliphatic rings. The zero-order chi connectivity index (χ0) is 21.6. The first-order valence-corrected chi connectivity index (χ1v) is 11.0. The summed E-state index contributed by atoms with van der Waals surface area (Å²) in [7, 11) is 0. The number of fused-ring (bicyclic) bond motifs is 3. The molecule has 5 heteroatoms. The third-order valence-electron chi connectivity index (χ3n) is 8.12. The van der Waals surface area contributed by atoms with Gasteiger partial charge in [-0.15, -0.1) is 0 Å². The molecule has 5 unspecified atom stereocenters. The maximum atomic E-state index is 13.3. The molecule has 3 rings (SSSR count). The third kappa shape index (κ3) is 3.77. The average Bonchev–Trinajstić information content (AvgIpc) is 2.62. The fourth-order valence-corrected chi connectivity index (χ4v) is 6.50. The predicted octanol–water partition coefficient (Wildman–Crippen LogP) is 4.63. The quantitative estimate of drug-likeness (QED) is 0.639. The molecule has 0 saturated heterocycles. The Balaban J connectivity index is 1.98. The lowest BCUT2D eigenvalue weighted by molar-refractivity contribution is -0.163. The van der Waals surface area contributed by atoms with Crippen molar-refractivity contribution in [3.63, 3.8) is 0 Å². The topological polar surface area (TPSA) is 69.7 Å². The molecule has 0 N–H and O–H groups in total. The van der Waals surface area contributed by atoms with Gasteiger partial charge in [-0.3, -0.25) is 14.4 Å². The Labute approximate surface area is 174 Å². The number of hydrogen-bond donors (Lipinski definition) is 0. The number of esters is 2. The van der Waals surface area contributed by atoms with Gasteiger partial charge in [0.05, 0.1) is 6.61 Å². The fraction of sp³-hybridized carbons (Fsp3) is 0.792. The minimum Gasteiger partial charge on any atom is -0.465 e.